The van der Waals surface area contributed by atoms with Crippen molar-refractivity contribution in [3.63, 3.8) is 0 Å². The summed E-state index contributed by atoms with van der Waals surface area (Å²) < 4.78 is 13.3. The monoisotopic (exact) mass is 237 g/mol. The summed E-state index contributed by atoms with van der Waals surface area (Å²) in [6, 6.07) is 6.48. The summed E-state index contributed by atoms with van der Waals surface area (Å²) in [4.78, 5) is 13.4. The smallest absolute Gasteiger partial charge is 0.270 e. The van der Waals surface area contributed by atoms with Crippen LogP contribution in [0.1, 0.15) is 5.56 Å². The van der Waals surface area contributed by atoms with Crippen LogP contribution in [0.5, 0.6) is 0 Å². The Bertz CT molecular complexity index is 543. The lowest BCUT2D eigenvalue weighted by Crippen LogP contribution is -2.08. The third-order valence-corrected chi connectivity index (χ3v) is 2.79. The van der Waals surface area contributed by atoms with Crippen molar-refractivity contribution in [3.8, 4) is 0 Å². The number of hydrogen-bond acceptors (Lipinski definition) is 4. The number of H-pyrrole nitrogens is 1. The van der Waals surface area contributed by atoms with Crippen LogP contribution in [0.2, 0.25) is 0 Å². The van der Waals surface area contributed by atoms with Crippen molar-refractivity contribution in [1.29, 1.82) is 0 Å². The quantitative estimate of drug-likeness (QED) is 0.824. The maximum Gasteiger partial charge on any atom is 0.270 e. The fourth-order valence-electron chi connectivity index (χ4n) is 1.12. The lowest BCUT2D eigenvalue weighted by atomic mass is 10.2. The molecule has 0 atom stereocenters. The third kappa shape index (κ3) is 2.66. The van der Waals surface area contributed by atoms with Gasteiger partial charge in [-0.2, -0.15) is 5.10 Å². The van der Waals surface area contributed by atoms with Crippen LogP contribution in [0, 0.1) is 5.82 Å². The maximum atomic E-state index is 13.3. The first-order valence-electron chi connectivity index (χ1n) is 4.54. The van der Waals surface area contributed by atoms with Gasteiger partial charge in [0.05, 0.1) is 0 Å². The Kier molecular flexibility index (Phi) is 3.31. The minimum Gasteiger partial charge on any atom is -0.299 e. The van der Waals surface area contributed by atoms with Crippen LogP contribution in [-0.4, -0.2) is 15.2 Å². The Labute approximate surface area is 94.9 Å². The molecule has 0 fully saturated rings. The Hall–Kier alpha value is -1.69. The van der Waals surface area contributed by atoms with Crippen LogP contribution in [0.25, 0.3) is 0 Å². The summed E-state index contributed by atoms with van der Waals surface area (Å²) in [5, 5.41) is 7.61. The second kappa shape index (κ2) is 4.89. The summed E-state index contributed by atoms with van der Waals surface area (Å²) in [5.41, 5.74) is 0.255. The number of nitrogens with one attached hydrogen (secondary N) is 1. The van der Waals surface area contributed by atoms with Crippen molar-refractivity contribution in [3.05, 3.63) is 52.2 Å². The molecular weight excluding hydrogens is 229 g/mol. The zero-order chi connectivity index (χ0) is 11.4. The molecule has 1 N–H and O–H groups in total. The summed E-state index contributed by atoms with van der Waals surface area (Å²) in [5.74, 6) is 0.141. The molecule has 0 unspecified atom stereocenters. The predicted octanol–water partition coefficient (Wildman–Crippen LogP) is 1.60. The maximum absolute atomic E-state index is 13.3. The van der Waals surface area contributed by atoms with E-state index < -0.39 is 0 Å². The van der Waals surface area contributed by atoms with Crippen molar-refractivity contribution in [2.75, 3.05) is 0 Å². The van der Waals surface area contributed by atoms with Crippen LogP contribution >= 0.6 is 11.8 Å². The van der Waals surface area contributed by atoms with Gasteiger partial charge in [0.25, 0.3) is 5.56 Å². The molecule has 0 aliphatic rings. The number of halogens is 1. The van der Waals surface area contributed by atoms with Gasteiger partial charge in [-0.3, -0.25) is 9.78 Å². The topological polar surface area (TPSA) is 58.6 Å². The standard InChI is InChI=1S/C10H8FN3OS/c11-8-4-2-1-3-7(8)6-16-10-13-9(15)5-12-14-10/h1-5H,6H2,(H,13,14,15). The predicted molar refractivity (Wildman–Crippen MR) is 58.6 cm³/mol. The second-order valence-corrected chi connectivity index (χ2v) is 3.98. The Morgan fingerprint density at radius 2 is 2.19 bits per heavy atom. The molecule has 0 aliphatic heterocycles. The van der Waals surface area contributed by atoms with Crippen LogP contribution in [-0.2, 0) is 5.75 Å². The number of rotatable bonds is 3. The number of hydrogen-bond donors (Lipinski definition) is 1. The first-order valence-corrected chi connectivity index (χ1v) is 5.52. The average molecular weight is 237 g/mol. The van der Waals surface area contributed by atoms with Crippen molar-refractivity contribution in [2.45, 2.75) is 10.9 Å². The largest absolute Gasteiger partial charge is 0.299 e. The molecule has 0 bridgehead atoms. The van der Waals surface area contributed by atoms with E-state index in [4.69, 9.17) is 0 Å². The first kappa shape index (κ1) is 10.8. The molecule has 2 rings (SSSR count). The average Bonchev–Trinajstić information content (AvgIpc) is 2.28. The number of aromatic amines is 1. The molecular formula is C10H8FN3OS. The van der Waals surface area contributed by atoms with Crippen LogP contribution in [0.3, 0.4) is 0 Å². The van der Waals surface area contributed by atoms with Gasteiger partial charge in [-0.15, -0.1) is 5.10 Å². The van der Waals surface area contributed by atoms with E-state index in [1.54, 1.807) is 18.2 Å². The second-order valence-electron chi connectivity index (χ2n) is 3.02. The zero-order valence-corrected chi connectivity index (χ0v) is 9.00. The first-order chi connectivity index (χ1) is 7.75. The summed E-state index contributed by atoms with van der Waals surface area (Å²) in [7, 11) is 0. The normalized spacial score (nSPS) is 10.3. The van der Waals surface area contributed by atoms with Crippen molar-refractivity contribution >= 4 is 11.8 Å². The molecule has 1 aromatic carbocycles. The fraction of sp³-hybridized carbons (Fsp3) is 0.100. The molecule has 0 saturated carbocycles. The third-order valence-electron chi connectivity index (χ3n) is 1.88. The Morgan fingerprint density at radius 3 is 2.94 bits per heavy atom. The highest BCUT2D eigenvalue weighted by Crippen LogP contribution is 2.19. The van der Waals surface area contributed by atoms with Crippen molar-refractivity contribution < 1.29 is 4.39 Å². The highest BCUT2D eigenvalue weighted by molar-refractivity contribution is 7.98. The van der Waals surface area contributed by atoms with E-state index in [0.717, 1.165) is 6.20 Å². The molecule has 6 heteroatoms. The van der Waals surface area contributed by atoms with Gasteiger partial charge in [0.1, 0.15) is 12.0 Å². The van der Waals surface area contributed by atoms with Crippen LogP contribution in [0.4, 0.5) is 4.39 Å². The fourth-order valence-corrected chi connectivity index (χ4v) is 1.93. The van der Waals surface area contributed by atoms with E-state index in [0.29, 0.717) is 16.5 Å². The van der Waals surface area contributed by atoms with E-state index in [1.807, 2.05) is 0 Å². The van der Waals surface area contributed by atoms with Gasteiger partial charge >= 0.3 is 0 Å². The number of benzene rings is 1. The van der Waals surface area contributed by atoms with E-state index in [9.17, 15) is 9.18 Å². The van der Waals surface area contributed by atoms with Crippen molar-refractivity contribution in [1.82, 2.24) is 15.2 Å². The van der Waals surface area contributed by atoms with E-state index in [-0.39, 0.29) is 11.4 Å². The minimum absolute atomic E-state index is 0.263. The lowest BCUT2D eigenvalue weighted by Gasteiger charge is -2.01. The molecule has 1 heterocycles. The minimum atomic E-state index is -0.314. The van der Waals surface area contributed by atoms with Gasteiger partial charge < -0.3 is 0 Å². The SMILES string of the molecule is O=c1cnnc(SCc2ccccc2F)[nH]1. The molecule has 0 aliphatic carbocycles. The van der Waals surface area contributed by atoms with Crippen molar-refractivity contribution in [2.24, 2.45) is 0 Å². The van der Waals surface area contributed by atoms with Crippen LogP contribution in [0.15, 0.2) is 40.4 Å². The highest BCUT2D eigenvalue weighted by atomic mass is 32.2. The van der Waals surface area contributed by atoms with Gasteiger partial charge in [-0.25, -0.2) is 4.39 Å². The van der Waals surface area contributed by atoms with Gasteiger partial charge in [-0.1, -0.05) is 30.0 Å². The molecule has 0 spiro atoms. The van der Waals surface area contributed by atoms with Gasteiger partial charge in [0, 0.05) is 5.75 Å². The van der Waals surface area contributed by atoms with Crippen LogP contribution < -0.4 is 5.56 Å². The van der Waals surface area contributed by atoms with Gasteiger partial charge in [0.15, 0.2) is 5.16 Å². The Morgan fingerprint density at radius 1 is 1.38 bits per heavy atom. The molecule has 0 saturated heterocycles. The van der Waals surface area contributed by atoms with E-state index in [2.05, 4.69) is 15.2 Å². The summed E-state index contributed by atoms with van der Waals surface area (Å²) in [6.45, 7) is 0. The molecule has 4 nitrogen and oxygen atoms in total. The van der Waals surface area contributed by atoms with Gasteiger partial charge in [-0.05, 0) is 11.6 Å². The highest BCUT2D eigenvalue weighted by Gasteiger charge is 2.03. The molecule has 2 aromatic rings. The molecule has 0 radical (unpaired) electrons. The molecule has 0 amide bonds. The zero-order valence-electron chi connectivity index (χ0n) is 8.18. The van der Waals surface area contributed by atoms with Gasteiger partial charge in [0.2, 0.25) is 0 Å². The van der Waals surface area contributed by atoms with E-state index in [1.165, 1.54) is 17.8 Å². The number of aromatic nitrogens is 3. The molecule has 16 heavy (non-hydrogen) atoms. The number of nitrogens with zero attached hydrogens (tertiary/aromatic N) is 2. The summed E-state index contributed by atoms with van der Waals surface area (Å²) >= 11 is 1.23. The summed E-state index contributed by atoms with van der Waals surface area (Å²) in [6.07, 6.45) is 1.09. The van der Waals surface area contributed by atoms with E-state index >= 15 is 0 Å². The number of thioether (sulfide) groups is 1. The molecule has 82 valence electrons. The Balaban J connectivity index is 2.08. The molecule has 1 aromatic heterocycles. The lowest BCUT2D eigenvalue weighted by molar-refractivity contribution is 0.617.